The monoisotopic (exact) mass is 316 g/mol. The van der Waals surface area contributed by atoms with Gasteiger partial charge >= 0.3 is 0 Å². The van der Waals surface area contributed by atoms with Crippen LogP contribution in [0.25, 0.3) is 0 Å². The van der Waals surface area contributed by atoms with Crippen LogP contribution in [0.1, 0.15) is 11.1 Å². The topological polar surface area (TPSA) is 15.3 Å². The summed E-state index contributed by atoms with van der Waals surface area (Å²) < 4.78 is 1.16. The van der Waals surface area contributed by atoms with Gasteiger partial charge in [-0.15, -0.1) is 0 Å². The fourth-order valence-corrected chi connectivity index (χ4v) is 3.31. The zero-order chi connectivity index (χ0) is 13.2. The smallest absolute Gasteiger partial charge is 0.0555 e. The summed E-state index contributed by atoms with van der Waals surface area (Å²) in [6.07, 6.45) is 1.13. The van der Waals surface area contributed by atoms with E-state index in [1.165, 1.54) is 22.5 Å². The maximum absolute atomic E-state index is 3.71. The lowest BCUT2D eigenvalue weighted by molar-refractivity contribution is 0.817. The van der Waals surface area contributed by atoms with Gasteiger partial charge in [0.25, 0.3) is 0 Å². The van der Waals surface area contributed by atoms with Gasteiger partial charge in [-0.25, -0.2) is 0 Å². The van der Waals surface area contributed by atoms with Crippen molar-refractivity contribution in [2.75, 3.05) is 18.5 Å². The third-order valence-corrected chi connectivity index (χ3v) is 4.21. The van der Waals surface area contributed by atoms with Crippen molar-refractivity contribution in [3.05, 3.63) is 58.1 Å². The molecule has 0 radical (unpaired) electrons. The average Bonchev–Trinajstić information content (AvgIpc) is 2.83. The molecule has 0 atom stereocenters. The lowest BCUT2D eigenvalue weighted by atomic mass is 10.1. The highest BCUT2D eigenvalue weighted by Gasteiger charge is 2.21. The van der Waals surface area contributed by atoms with Crippen molar-refractivity contribution < 1.29 is 0 Å². The Balaban J connectivity index is 1.96. The molecule has 1 aliphatic heterocycles. The first-order valence-corrected chi connectivity index (χ1v) is 7.37. The number of nitrogens with one attached hydrogen (secondary N) is 1. The maximum atomic E-state index is 3.71. The van der Waals surface area contributed by atoms with E-state index in [9.17, 15) is 0 Å². The van der Waals surface area contributed by atoms with Crippen molar-refractivity contribution in [3.63, 3.8) is 0 Å². The van der Waals surface area contributed by atoms with E-state index in [2.05, 4.69) is 68.6 Å². The lowest BCUT2D eigenvalue weighted by Crippen LogP contribution is -2.14. The molecule has 2 aromatic carbocycles. The van der Waals surface area contributed by atoms with Gasteiger partial charge in [-0.2, -0.15) is 0 Å². The molecule has 0 aromatic heterocycles. The Bertz CT molecular complexity index is 595. The fourth-order valence-electron chi connectivity index (χ4n) is 2.67. The van der Waals surface area contributed by atoms with Crippen LogP contribution in [-0.4, -0.2) is 13.6 Å². The molecular weight excluding hydrogens is 300 g/mol. The van der Waals surface area contributed by atoms with E-state index < -0.39 is 0 Å². The van der Waals surface area contributed by atoms with E-state index in [1.807, 2.05) is 7.05 Å². The average molecular weight is 317 g/mol. The zero-order valence-corrected chi connectivity index (χ0v) is 12.6. The molecule has 0 bridgehead atoms. The Morgan fingerprint density at radius 3 is 2.79 bits per heavy atom. The molecule has 0 unspecified atom stereocenters. The predicted octanol–water partition coefficient (Wildman–Crippen LogP) is 3.86. The second-order valence-corrected chi connectivity index (χ2v) is 5.70. The van der Waals surface area contributed by atoms with Crippen molar-refractivity contribution >= 4 is 27.3 Å². The van der Waals surface area contributed by atoms with E-state index in [-0.39, 0.29) is 0 Å². The van der Waals surface area contributed by atoms with Crippen LogP contribution in [0.4, 0.5) is 11.4 Å². The number of para-hydroxylation sites is 1. The number of hydrogen-bond acceptors (Lipinski definition) is 2. The SMILES string of the molecule is CNCc1ccc(N2CCc3ccccc32)c(Br)c1. The maximum Gasteiger partial charge on any atom is 0.0555 e. The first-order chi connectivity index (χ1) is 9.29. The molecule has 0 saturated carbocycles. The van der Waals surface area contributed by atoms with Crippen LogP contribution >= 0.6 is 15.9 Å². The van der Waals surface area contributed by atoms with Crippen molar-refractivity contribution in [1.29, 1.82) is 0 Å². The van der Waals surface area contributed by atoms with Gasteiger partial charge in [0, 0.05) is 23.2 Å². The summed E-state index contributed by atoms with van der Waals surface area (Å²) in [6, 6.07) is 15.3. The second kappa shape index (κ2) is 5.35. The summed E-state index contributed by atoms with van der Waals surface area (Å²) in [4.78, 5) is 2.39. The fraction of sp³-hybridized carbons (Fsp3) is 0.250. The third kappa shape index (κ3) is 2.40. The summed E-state index contributed by atoms with van der Waals surface area (Å²) in [5.74, 6) is 0. The van der Waals surface area contributed by atoms with Crippen LogP contribution in [0, 0.1) is 0 Å². The molecule has 3 heteroatoms. The number of nitrogens with zero attached hydrogens (tertiary/aromatic N) is 1. The number of benzene rings is 2. The van der Waals surface area contributed by atoms with Gasteiger partial charge in [0.05, 0.1) is 5.69 Å². The molecule has 19 heavy (non-hydrogen) atoms. The molecule has 0 spiro atoms. The minimum absolute atomic E-state index is 0.898. The van der Waals surface area contributed by atoms with E-state index >= 15 is 0 Å². The molecule has 0 fully saturated rings. The van der Waals surface area contributed by atoms with Crippen LogP contribution in [0.15, 0.2) is 46.9 Å². The number of hydrogen-bond donors (Lipinski definition) is 1. The first kappa shape index (κ1) is 12.7. The first-order valence-electron chi connectivity index (χ1n) is 6.58. The predicted molar refractivity (Wildman–Crippen MR) is 84.1 cm³/mol. The molecule has 3 rings (SSSR count). The molecule has 0 saturated heterocycles. The molecule has 1 heterocycles. The molecule has 0 amide bonds. The van der Waals surface area contributed by atoms with Crippen LogP contribution in [0.3, 0.4) is 0 Å². The quantitative estimate of drug-likeness (QED) is 0.925. The molecule has 2 aromatic rings. The number of anilines is 2. The largest absolute Gasteiger partial charge is 0.340 e. The van der Waals surface area contributed by atoms with Crippen molar-refractivity contribution in [2.24, 2.45) is 0 Å². The third-order valence-electron chi connectivity index (χ3n) is 3.57. The van der Waals surface area contributed by atoms with Crippen molar-refractivity contribution in [2.45, 2.75) is 13.0 Å². The number of halogens is 1. The summed E-state index contributed by atoms with van der Waals surface area (Å²) in [6.45, 7) is 1.96. The highest BCUT2D eigenvalue weighted by Crippen LogP contribution is 2.38. The molecule has 0 aliphatic carbocycles. The zero-order valence-electron chi connectivity index (χ0n) is 11.0. The molecule has 2 nitrogen and oxygen atoms in total. The van der Waals surface area contributed by atoms with Gasteiger partial charge in [0.1, 0.15) is 0 Å². The normalized spacial score (nSPS) is 13.7. The van der Waals surface area contributed by atoms with Gasteiger partial charge in [0.15, 0.2) is 0 Å². The van der Waals surface area contributed by atoms with Gasteiger partial charge < -0.3 is 10.2 Å². The highest BCUT2D eigenvalue weighted by atomic mass is 79.9. The highest BCUT2D eigenvalue weighted by molar-refractivity contribution is 9.10. The Labute approximate surface area is 122 Å². The van der Waals surface area contributed by atoms with Gasteiger partial charge in [-0.3, -0.25) is 0 Å². The Kier molecular flexibility index (Phi) is 3.58. The molecule has 1 N–H and O–H groups in total. The number of rotatable bonds is 3. The van der Waals surface area contributed by atoms with E-state index in [0.29, 0.717) is 0 Å². The van der Waals surface area contributed by atoms with E-state index in [0.717, 1.165) is 24.0 Å². The Morgan fingerprint density at radius 2 is 2.00 bits per heavy atom. The summed E-state index contributed by atoms with van der Waals surface area (Å²) >= 11 is 3.71. The van der Waals surface area contributed by atoms with Gasteiger partial charge in [-0.1, -0.05) is 24.3 Å². The lowest BCUT2D eigenvalue weighted by Gasteiger charge is -2.21. The summed E-state index contributed by atoms with van der Waals surface area (Å²) in [5.41, 5.74) is 5.33. The van der Waals surface area contributed by atoms with E-state index in [1.54, 1.807) is 0 Å². The Hall–Kier alpha value is -1.32. The minimum atomic E-state index is 0.898. The van der Waals surface area contributed by atoms with Crippen LogP contribution in [0.5, 0.6) is 0 Å². The van der Waals surface area contributed by atoms with Crippen molar-refractivity contribution in [3.8, 4) is 0 Å². The van der Waals surface area contributed by atoms with Crippen LogP contribution < -0.4 is 10.2 Å². The van der Waals surface area contributed by atoms with Crippen LogP contribution in [0.2, 0.25) is 0 Å². The minimum Gasteiger partial charge on any atom is -0.340 e. The molecule has 98 valence electrons. The van der Waals surface area contributed by atoms with E-state index in [4.69, 9.17) is 0 Å². The van der Waals surface area contributed by atoms with Gasteiger partial charge in [-0.05, 0) is 58.7 Å². The van der Waals surface area contributed by atoms with Crippen molar-refractivity contribution in [1.82, 2.24) is 5.32 Å². The summed E-state index contributed by atoms with van der Waals surface area (Å²) in [5, 5.41) is 3.18. The second-order valence-electron chi connectivity index (χ2n) is 4.85. The Morgan fingerprint density at radius 1 is 1.16 bits per heavy atom. The standard InChI is InChI=1S/C16H17BrN2/c1-18-11-12-6-7-16(14(17)10-12)19-9-8-13-4-2-3-5-15(13)19/h2-7,10,18H,8-9,11H2,1H3. The summed E-state index contributed by atoms with van der Waals surface area (Å²) in [7, 11) is 1.97. The molecule has 1 aliphatic rings. The molecular formula is C16H17BrN2. The van der Waals surface area contributed by atoms with Gasteiger partial charge in [0.2, 0.25) is 0 Å². The number of fused-ring (bicyclic) bond motifs is 1. The van der Waals surface area contributed by atoms with Crippen LogP contribution in [-0.2, 0) is 13.0 Å².